The summed E-state index contributed by atoms with van der Waals surface area (Å²) in [6.45, 7) is 0.466. The lowest BCUT2D eigenvalue weighted by molar-refractivity contribution is -0.132. The molecule has 0 spiro atoms. The van der Waals surface area contributed by atoms with E-state index in [1.807, 2.05) is 12.5 Å². The Morgan fingerprint density at radius 3 is 2.85 bits per heavy atom. The minimum atomic E-state index is -0.884. The van der Waals surface area contributed by atoms with Gasteiger partial charge >= 0.3 is 5.97 Å². The molecule has 1 aromatic rings. The number of aromatic nitrogens is 2. The zero-order valence-corrected chi connectivity index (χ0v) is 11.8. The van der Waals surface area contributed by atoms with Crippen LogP contribution in [0.5, 0.6) is 0 Å². The van der Waals surface area contributed by atoms with Crippen LogP contribution in [-0.4, -0.2) is 27.2 Å². The smallest absolute Gasteiger partial charge is 0.331 e. The molecule has 0 aromatic carbocycles. The Balaban J connectivity index is 2.02. The van der Waals surface area contributed by atoms with Gasteiger partial charge in [0.25, 0.3) is 0 Å². The maximum Gasteiger partial charge on any atom is 0.331 e. The number of hydrogen-bond acceptors (Lipinski definition) is 3. The topological polar surface area (TPSA) is 81.1 Å². The predicted molar refractivity (Wildman–Crippen MR) is 77.4 cm³/mol. The van der Waals surface area contributed by atoms with E-state index in [4.69, 9.17) is 5.73 Å². The fraction of sp³-hybridized carbons (Fsp3) is 0.600. The van der Waals surface area contributed by atoms with E-state index < -0.39 is 5.97 Å². The monoisotopic (exact) mass is 277 g/mol. The molecule has 5 nitrogen and oxygen atoms in total. The van der Waals surface area contributed by atoms with Gasteiger partial charge in [0.2, 0.25) is 0 Å². The SMILES string of the molecule is NCC/C=C(/Cc1cn(C2CCCCC2)cn1)C(=O)O. The molecule has 1 heterocycles. The predicted octanol–water partition coefficient (Wildman–Crippen LogP) is 2.29. The highest BCUT2D eigenvalue weighted by atomic mass is 16.4. The van der Waals surface area contributed by atoms with E-state index in [-0.39, 0.29) is 0 Å². The summed E-state index contributed by atoms with van der Waals surface area (Å²) in [5.74, 6) is -0.884. The molecule has 1 fully saturated rings. The molecule has 1 saturated carbocycles. The summed E-state index contributed by atoms with van der Waals surface area (Å²) >= 11 is 0. The quantitative estimate of drug-likeness (QED) is 0.782. The van der Waals surface area contributed by atoms with Gasteiger partial charge in [-0.25, -0.2) is 9.78 Å². The first-order valence-corrected chi connectivity index (χ1v) is 7.35. The van der Waals surface area contributed by atoms with Crippen LogP contribution < -0.4 is 5.73 Å². The lowest BCUT2D eigenvalue weighted by Gasteiger charge is -2.22. The zero-order valence-electron chi connectivity index (χ0n) is 11.8. The summed E-state index contributed by atoms with van der Waals surface area (Å²) in [4.78, 5) is 15.5. The highest BCUT2D eigenvalue weighted by Crippen LogP contribution is 2.28. The molecule has 0 saturated heterocycles. The highest BCUT2D eigenvalue weighted by molar-refractivity contribution is 5.86. The van der Waals surface area contributed by atoms with E-state index >= 15 is 0 Å². The third-order valence-electron chi connectivity index (χ3n) is 3.85. The van der Waals surface area contributed by atoms with E-state index in [2.05, 4.69) is 9.55 Å². The van der Waals surface area contributed by atoms with E-state index in [1.165, 1.54) is 32.1 Å². The van der Waals surface area contributed by atoms with Crippen LogP contribution >= 0.6 is 0 Å². The van der Waals surface area contributed by atoms with Crippen LogP contribution in [0.15, 0.2) is 24.2 Å². The van der Waals surface area contributed by atoms with Crippen molar-refractivity contribution >= 4 is 5.97 Å². The first-order valence-electron chi connectivity index (χ1n) is 7.35. The van der Waals surface area contributed by atoms with Crippen LogP contribution in [0.3, 0.4) is 0 Å². The molecule has 3 N–H and O–H groups in total. The lowest BCUT2D eigenvalue weighted by atomic mass is 9.95. The maximum absolute atomic E-state index is 11.2. The van der Waals surface area contributed by atoms with Gasteiger partial charge in [-0.05, 0) is 25.8 Å². The molecule has 1 aromatic heterocycles. The second kappa shape index (κ2) is 7.24. The Morgan fingerprint density at radius 2 is 2.20 bits per heavy atom. The molecule has 0 amide bonds. The molecule has 1 aliphatic carbocycles. The Hall–Kier alpha value is -1.62. The van der Waals surface area contributed by atoms with Crippen LogP contribution in [0.4, 0.5) is 0 Å². The van der Waals surface area contributed by atoms with Crippen molar-refractivity contribution in [2.24, 2.45) is 5.73 Å². The first kappa shape index (κ1) is 14.8. The van der Waals surface area contributed by atoms with Gasteiger partial charge in [0.05, 0.1) is 12.0 Å². The summed E-state index contributed by atoms with van der Waals surface area (Å²) in [6, 6.07) is 0.534. The van der Waals surface area contributed by atoms with Gasteiger partial charge in [0, 0.05) is 24.2 Å². The molecule has 0 radical (unpaired) electrons. The van der Waals surface area contributed by atoms with Crippen molar-refractivity contribution in [1.82, 2.24) is 9.55 Å². The van der Waals surface area contributed by atoms with Crippen LogP contribution in [0.1, 0.15) is 50.3 Å². The van der Waals surface area contributed by atoms with Crippen molar-refractivity contribution in [3.8, 4) is 0 Å². The summed E-state index contributed by atoms with van der Waals surface area (Å²) in [7, 11) is 0. The Bertz CT molecular complexity index is 473. The van der Waals surface area contributed by atoms with Crippen LogP contribution in [0.25, 0.3) is 0 Å². The van der Waals surface area contributed by atoms with Crippen molar-refractivity contribution in [3.05, 3.63) is 29.9 Å². The molecule has 0 atom stereocenters. The normalized spacial score (nSPS) is 17.4. The number of carboxylic acid groups (broad SMARTS) is 1. The summed E-state index contributed by atoms with van der Waals surface area (Å²) < 4.78 is 2.15. The van der Waals surface area contributed by atoms with Crippen molar-refractivity contribution in [3.63, 3.8) is 0 Å². The van der Waals surface area contributed by atoms with E-state index in [0.29, 0.717) is 31.0 Å². The maximum atomic E-state index is 11.2. The van der Waals surface area contributed by atoms with Gasteiger partial charge in [-0.3, -0.25) is 0 Å². The van der Waals surface area contributed by atoms with Gasteiger partial charge in [-0.15, -0.1) is 0 Å². The van der Waals surface area contributed by atoms with Crippen molar-refractivity contribution in [2.45, 2.75) is 51.0 Å². The molecule has 5 heteroatoms. The van der Waals surface area contributed by atoms with Crippen molar-refractivity contribution in [1.29, 1.82) is 0 Å². The summed E-state index contributed by atoms with van der Waals surface area (Å²) in [6.07, 6.45) is 12.8. The molecule has 2 rings (SSSR count). The molecule has 110 valence electrons. The molecule has 20 heavy (non-hydrogen) atoms. The third-order valence-corrected chi connectivity index (χ3v) is 3.85. The van der Waals surface area contributed by atoms with E-state index in [1.54, 1.807) is 6.08 Å². The number of nitrogens with two attached hydrogens (primary N) is 1. The van der Waals surface area contributed by atoms with Gasteiger partial charge in [0.15, 0.2) is 0 Å². The standard InChI is InChI=1S/C15H23N3O2/c16-8-4-5-12(15(19)20)9-13-10-18(11-17-13)14-6-2-1-3-7-14/h5,10-11,14H,1-4,6-9,16H2,(H,19,20)/b12-5-. The van der Waals surface area contributed by atoms with Crippen LogP contribution in [-0.2, 0) is 11.2 Å². The number of imidazole rings is 1. The second-order valence-corrected chi connectivity index (χ2v) is 5.39. The average Bonchev–Trinajstić information content (AvgIpc) is 2.92. The summed E-state index contributed by atoms with van der Waals surface area (Å²) in [5.41, 5.74) is 6.61. The number of carboxylic acids is 1. The van der Waals surface area contributed by atoms with Gasteiger partial charge in [-0.2, -0.15) is 0 Å². The fourth-order valence-electron chi connectivity index (χ4n) is 2.74. The highest BCUT2D eigenvalue weighted by Gasteiger charge is 2.16. The molecule has 0 aliphatic heterocycles. The molecule has 1 aliphatic rings. The Morgan fingerprint density at radius 1 is 1.45 bits per heavy atom. The van der Waals surface area contributed by atoms with Gasteiger partial charge in [-0.1, -0.05) is 25.3 Å². The Kier molecular flexibility index (Phi) is 5.35. The lowest BCUT2D eigenvalue weighted by Crippen LogP contribution is -2.11. The molecular formula is C15H23N3O2. The number of rotatable bonds is 6. The zero-order chi connectivity index (χ0) is 14.4. The fourth-order valence-corrected chi connectivity index (χ4v) is 2.74. The first-order chi connectivity index (χ1) is 9.70. The number of nitrogens with zero attached hydrogens (tertiary/aromatic N) is 2. The number of hydrogen-bond donors (Lipinski definition) is 2. The van der Waals surface area contributed by atoms with Crippen molar-refractivity contribution in [2.75, 3.05) is 6.54 Å². The van der Waals surface area contributed by atoms with Gasteiger partial charge < -0.3 is 15.4 Å². The number of aliphatic carboxylic acids is 1. The van der Waals surface area contributed by atoms with E-state index in [9.17, 15) is 9.90 Å². The van der Waals surface area contributed by atoms with Crippen LogP contribution in [0, 0.1) is 0 Å². The Labute approximate surface area is 119 Å². The minimum Gasteiger partial charge on any atom is -0.478 e. The van der Waals surface area contributed by atoms with Gasteiger partial charge in [0.1, 0.15) is 0 Å². The minimum absolute atomic E-state index is 0.370. The molecule has 0 unspecified atom stereocenters. The number of carbonyl (C=O) groups is 1. The largest absolute Gasteiger partial charge is 0.478 e. The van der Waals surface area contributed by atoms with E-state index in [0.717, 1.165) is 5.69 Å². The molecular weight excluding hydrogens is 254 g/mol. The van der Waals surface area contributed by atoms with Crippen LogP contribution in [0.2, 0.25) is 0 Å². The summed E-state index contributed by atoms with van der Waals surface area (Å²) in [5, 5.41) is 9.17. The molecule has 0 bridgehead atoms. The average molecular weight is 277 g/mol. The van der Waals surface area contributed by atoms with Crippen molar-refractivity contribution < 1.29 is 9.90 Å². The third kappa shape index (κ3) is 3.93. The second-order valence-electron chi connectivity index (χ2n) is 5.39.